The summed E-state index contributed by atoms with van der Waals surface area (Å²) in [6.45, 7) is 3.40. The average molecular weight is 387 g/mol. The Bertz CT molecular complexity index is 1070. The first-order chi connectivity index (χ1) is 13.0. The van der Waals surface area contributed by atoms with Gasteiger partial charge in [-0.2, -0.15) is 0 Å². The highest BCUT2D eigenvalue weighted by molar-refractivity contribution is 6.30. The first-order valence-electron chi connectivity index (χ1n) is 8.79. The third kappa shape index (κ3) is 3.52. The molecule has 0 bridgehead atoms. The van der Waals surface area contributed by atoms with Crippen molar-refractivity contribution in [2.24, 2.45) is 0 Å². The smallest absolute Gasteiger partial charge is 0.342 e. The van der Waals surface area contributed by atoms with Gasteiger partial charge in [-0.15, -0.1) is 5.10 Å². The van der Waals surface area contributed by atoms with Crippen molar-refractivity contribution in [1.29, 1.82) is 0 Å². The number of hydrogen-bond donors (Lipinski definition) is 1. The number of benzene rings is 1. The number of anilines is 2. The Balaban J connectivity index is 1.64. The first kappa shape index (κ1) is 17.5. The number of halogens is 1. The summed E-state index contributed by atoms with van der Waals surface area (Å²) < 4.78 is 2.64. The summed E-state index contributed by atoms with van der Waals surface area (Å²) in [7, 11) is 0. The summed E-state index contributed by atoms with van der Waals surface area (Å²) in [5.41, 5.74) is 1.47. The molecule has 0 spiro atoms. The highest BCUT2D eigenvalue weighted by Crippen LogP contribution is 2.19. The van der Waals surface area contributed by atoms with E-state index in [1.54, 1.807) is 30.3 Å². The summed E-state index contributed by atoms with van der Waals surface area (Å²) in [5, 5.41) is 7.57. The number of carbonyl (C=O) groups is 1. The number of aromatic nitrogens is 4. The van der Waals surface area contributed by atoms with Crippen molar-refractivity contribution in [2.45, 2.75) is 26.3 Å². The second-order valence-electron chi connectivity index (χ2n) is 6.58. The van der Waals surface area contributed by atoms with Crippen molar-refractivity contribution in [3.8, 4) is 0 Å². The number of aryl methyl sites for hydroxylation is 1. The maximum atomic E-state index is 12.9. The number of rotatable bonds is 4. The van der Waals surface area contributed by atoms with Gasteiger partial charge in [0.15, 0.2) is 5.65 Å². The predicted octanol–water partition coefficient (Wildman–Crippen LogP) is 2.09. The molecule has 0 aliphatic carbocycles. The van der Waals surface area contributed by atoms with Gasteiger partial charge < -0.3 is 10.2 Å². The molecule has 27 heavy (non-hydrogen) atoms. The number of fused-ring (bicyclic) bond motifs is 1. The van der Waals surface area contributed by atoms with Gasteiger partial charge >= 0.3 is 5.69 Å². The van der Waals surface area contributed by atoms with Crippen molar-refractivity contribution in [3.63, 3.8) is 0 Å². The van der Waals surface area contributed by atoms with E-state index in [9.17, 15) is 9.59 Å². The van der Waals surface area contributed by atoms with Crippen LogP contribution in [0.5, 0.6) is 0 Å². The van der Waals surface area contributed by atoms with E-state index in [0.29, 0.717) is 22.3 Å². The van der Waals surface area contributed by atoms with Crippen LogP contribution in [0.15, 0.2) is 35.1 Å². The van der Waals surface area contributed by atoms with Crippen LogP contribution in [0.3, 0.4) is 0 Å². The van der Waals surface area contributed by atoms with Crippen LogP contribution in [-0.4, -0.2) is 38.2 Å². The Hall–Kier alpha value is -2.87. The fourth-order valence-electron chi connectivity index (χ4n) is 3.27. The van der Waals surface area contributed by atoms with Gasteiger partial charge in [-0.1, -0.05) is 17.7 Å². The van der Waals surface area contributed by atoms with Gasteiger partial charge in [0.05, 0.1) is 0 Å². The van der Waals surface area contributed by atoms with Crippen LogP contribution < -0.4 is 15.9 Å². The zero-order valence-corrected chi connectivity index (χ0v) is 15.6. The van der Waals surface area contributed by atoms with Gasteiger partial charge in [-0.3, -0.25) is 4.79 Å². The van der Waals surface area contributed by atoms with Crippen molar-refractivity contribution in [3.05, 3.63) is 51.5 Å². The van der Waals surface area contributed by atoms with Crippen LogP contribution in [0.25, 0.3) is 5.65 Å². The first-order valence-corrected chi connectivity index (χ1v) is 9.17. The molecule has 0 atom stereocenters. The normalized spacial score (nSPS) is 14.1. The Kier molecular flexibility index (Phi) is 4.57. The fraction of sp³-hybridized carbons (Fsp3) is 0.333. The van der Waals surface area contributed by atoms with E-state index in [-0.39, 0.29) is 18.1 Å². The van der Waals surface area contributed by atoms with Crippen LogP contribution in [0.4, 0.5) is 11.6 Å². The van der Waals surface area contributed by atoms with Gasteiger partial charge in [0, 0.05) is 35.6 Å². The summed E-state index contributed by atoms with van der Waals surface area (Å²) in [6, 6.07) is 8.58. The van der Waals surface area contributed by atoms with Crippen LogP contribution in [0.1, 0.15) is 18.5 Å². The predicted molar refractivity (Wildman–Crippen MR) is 104 cm³/mol. The third-order valence-corrected chi connectivity index (χ3v) is 4.70. The Morgan fingerprint density at radius 3 is 2.78 bits per heavy atom. The SMILES string of the molecule is Cc1cc2nn(CC(=O)Nc3cccc(Cl)c3)c(=O)n2c(N2CCCC2)n1. The average Bonchev–Trinajstić information content (AvgIpc) is 3.23. The molecule has 3 heterocycles. The van der Waals surface area contributed by atoms with Crippen LogP contribution in [-0.2, 0) is 11.3 Å². The molecule has 1 fully saturated rings. The van der Waals surface area contributed by atoms with Crippen LogP contribution in [0.2, 0.25) is 5.02 Å². The lowest BCUT2D eigenvalue weighted by Gasteiger charge is -2.17. The van der Waals surface area contributed by atoms with Gasteiger partial charge in [-0.25, -0.2) is 18.9 Å². The second kappa shape index (κ2) is 7.03. The Morgan fingerprint density at radius 2 is 2.04 bits per heavy atom. The minimum absolute atomic E-state index is 0.189. The quantitative estimate of drug-likeness (QED) is 0.742. The fourth-order valence-corrected chi connectivity index (χ4v) is 3.46. The minimum atomic E-state index is -0.374. The van der Waals surface area contributed by atoms with Crippen molar-refractivity contribution >= 4 is 34.8 Å². The van der Waals surface area contributed by atoms with E-state index in [1.807, 2.05) is 6.92 Å². The van der Waals surface area contributed by atoms with Crippen LogP contribution >= 0.6 is 11.6 Å². The maximum Gasteiger partial charge on any atom is 0.353 e. The Morgan fingerprint density at radius 1 is 1.26 bits per heavy atom. The molecular weight excluding hydrogens is 368 g/mol. The number of nitrogens with zero attached hydrogens (tertiary/aromatic N) is 5. The molecule has 4 rings (SSSR count). The summed E-state index contributed by atoms with van der Waals surface area (Å²) in [6.07, 6.45) is 2.14. The third-order valence-electron chi connectivity index (χ3n) is 4.47. The molecule has 8 nitrogen and oxygen atoms in total. The standard InChI is InChI=1S/C18H19ClN6O2/c1-12-9-15-22-24(11-16(26)21-14-6-4-5-13(19)10-14)18(27)25(15)17(20-12)23-7-2-3-8-23/h4-6,9-10H,2-3,7-8,11H2,1H3,(H,21,26). The monoisotopic (exact) mass is 386 g/mol. The van der Waals surface area contributed by atoms with E-state index in [2.05, 4.69) is 20.3 Å². The molecule has 1 saturated heterocycles. The molecule has 0 unspecified atom stereocenters. The maximum absolute atomic E-state index is 12.9. The molecule has 1 amide bonds. The van der Waals surface area contributed by atoms with Crippen molar-refractivity contribution in [2.75, 3.05) is 23.3 Å². The molecule has 1 aliphatic rings. The number of amides is 1. The zero-order chi connectivity index (χ0) is 19.0. The molecule has 2 aromatic heterocycles. The van der Waals surface area contributed by atoms with Gasteiger partial charge in [0.1, 0.15) is 6.54 Å². The highest BCUT2D eigenvalue weighted by Gasteiger charge is 2.21. The van der Waals surface area contributed by atoms with E-state index in [4.69, 9.17) is 11.6 Å². The topological polar surface area (TPSA) is 84.5 Å². The van der Waals surface area contributed by atoms with Crippen molar-refractivity contribution < 1.29 is 4.79 Å². The van der Waals surface area contributed by atoms with Crippen molar-refractivity contribution in [1.82, 2.24) is 19.2 Å². The highest BCUT2D eigenvalue weighted by atomic mass is 35.5. The largest absolute Gasteiger partial charge is 0.353 e. The lowest BCUT2D eigenvalue weighted by Crippen LogP contribution is -2.31. The zero-order valence-electron chi connectivity index (χ0n) is 14.9. The molecule has 1 N–H and O–H groups in total. The summed E-state index contributed by atoms with van der Waals surface area (Å²) in [4.78, 5) is 31.8. The number of hydrogen-bond acceptors (Lipinski definition) is 5. The van der Waals surface area contributed by atoms with Gasteiger partial charge in [-0.05, 0) is 38.0 Å². The Labute approximate surface area is 160 Å². The molecule has 140 valence electrons. The molecule has 0 radical (unpaired) electrons. The van der Waals surface area contributed by atoms with Gasteiger partial charge in [0.2, 0.25) is 11.9 Å². The molecule has 1 aromatic carbocycles. The van der Waals surface area contributed by atoms with E-state index in [0.717, 1.165) is 36.3 Å². The van der Waals surface area contributed by atoms with E-state index < -0.39 is 0 Å². The van der Waals surface area contributed by atoms with E-state index >= 15 is 0 Å². The summed E-state index contributed by atoms with van der Waals surface area (Å²) >= 11 is 5.93. The number of nitrogens with one attached hydrogen (secondary N) is 1. The van der Waals surface area contributed by atoms with Crippen LogP contribution in [0, 0.1) is 6.92 Å². The molecule has 9 heteroatoms. The molecular formula is C18H19ClN6O2. The lowest BCUT2D eigenvalue weighted by molar-refractivity contribution is -0.117. The molecule has 1 aliphatic heterocycles. The lowest BCUT2D eigenvalue weighted by atomic mass is 10.3. The summed E-state index contributed by atoms with van der Waals surface area (Å²) in [5.74, 6) is 0.240. The van der Waals surface area contributed by atoms with E-state index in [1.165, 1.54) is 4.40 Å². The molecule has 3 aromatic rings. The second-order valence-corrected chi connectivity index (χ2v) is 7.02. The molecule has 0 saturated carbocycles. The van der Waals surface area contributed by atoms with Gasteiger partial charge in [0.25, 0.3) is 0 Å². The minimum Gasteiger partial charge on any atom is -0.342 e. The number of carbonyl (C=O) groups excluding carboxylic acids is 1.